The van der Waals surface area contributed by atoms with Gasteiger partial charge in [-0.05, 0) is 25.5 Å². The number of hydrogen-bond acceptors (Lipinski definition) is 4. The number of carbonyl (C=O) groups is 2. The lowest BCUT2D eigenvalue weighted by molar-refractivity contribution is -0.135. The van der Waals surface area contributed by atoms with Crippen molar-refractivity contribution in [2.24, 2.45) is 0 Å². The highest BCUT2D eigenvalue weighted by molar-refractivity contribution is 6.08. The quantitative estimate of drug-likeness (QED) is 0.850. The molecule has 0 aliphatic carbocycles. The predicted molar refractivity (Wildman–Crippen MR) is 75.8 cm³/mol. The van der Waals surface area contributed by atoms with Crippen LogP contribution in [0.5, 0.6) is 0 Å². The van der Waals surface area contributed by atoms with Gasteiger partial charge in [0, 0.05) is 13.1 Å². The molecule has 21 heavy (non-hydrogen) atoms. The SMILES string of the molecule is CCOC(=O)N1CC2(C1)C(=O)N(OCC)c1ccccc12. The molecular weight excluding hydrogens is 272 g/mol. The number of ether oxygens (including phenoxy) is 1. The Bertz CT molecular complexity index is 581. The van der Waals surface area contributed by atoms with Crippen LogP contribution in [0.25, 0.3) is 0 Å². The highest BCUT2D eigenvalue weighted by atomic mass is 16.7. The number of anilines is 1. The van der Waals surface area contributed by atoms with E-state index in [0.29, 0.717) is 26.3 Å². The van der Waals surface area contributed by atoms with Gasteiger partial charge in [0.05, 0.1) is 18.9 Å². The molecule has 2 amide bonds. The van der Waals surface area contributed by atoms with Crippen molar-refractivity contribution in [3.05, 3.63) is 29.8 Å². The van der Waals surface area contributed by atoms with Crippen molar-refractivity contribution in [1.29, 1.82) is 0 Å². The highest BCUT2D eigenvalue weighted by Gasteiger charge is 2.60. The van der Waals surface area contributed by atoms with Crippen molar-refractivity contribution >= 4 is 17.7 Å². The standard InChI is InChI=1S/C15H18N2O4/c1-3-20-14(19)16-9-15(10-16)11-7-5-6-8-12(11)17(13(15)18)21-4-2/h5-8H,3-4,9-10H2,1-2H3. The second kappa shape index (κ2) is 5.04. The minimum atomic E-state index is -0.682. The molecule has 6 heteroatoms. The third kappa shape index (κ3) is 1.90. The summed E-state index contributed by atoms with van der Waals surface area (Å²) in [6, 6.07) is 7.56. The monoisotopic (exact) mass is 290 g/mol. The summed E-state index contributed by atoms with van der Waals surface area (Å²) in [5.41, 5.74) is 1.01. The summed E-state index contributed by atoms with van der Waals surface area (Å²) in [5, 5.41) is 1.36. The second-order valence-corrected chi connectivity index (χ2v) is 5.17. The average molecular weight is 290 g/mol. The van der Waals surface area contributed by atoms with E-state index in [0.717, 1.165) is 11.3 Å². The van der Waals surface area contributed by atoms with Crippen LogP contribution in [0.2, 0.25) is 0 Å². The van der Waals surface area contributed by atoms with Gasteiger partial charge in [0.1, 0.15) is 5.41 Å². The minimum Gasteiger partial charge on any atom is -0.450 e. The molecule has 0 saturated carbocycles. The fourth-order valence-corrected chi connectivity index (χ4v) is 2.99. The lowest BCUT2D eigenvalue weighted by Crippen LogP contribution is -2.65. The summed E-state index contributed by atoms with van der Waals surface area (Å²) >= 11 is 0. The first-order chi connectivity index (χ1) is 10.1. The number of amides is 2. The maximum Gasteiger partial charge on any atom is 0.409 e. The van der Waals surface area contributed by atoms with Crippen LogP contribution in [0.3, 0.4) is 0 Å². The number of nitrogens with zero attached hydrogens (tertiary/aromatic N) is 2. The molecule has 0 radical (unpaired) electrons. The number of rotatable bonds is 3. The third-order valence-corrected chi connectivity index (χ3v) is 3.94. The number of hydroxylamine groups is 1. The molecule has 6 nitrogen and oxygen atoms in total. The zero-order valence-corrected chi connectivity index (χ0v) is 12.2. The van der Waals surface area contributed by atoms with Crippen molar-refractivity contribution in [2.75, 3.05) is 31.4 Å². The van der Waals surface area contributed by atoms with Gasteiger partial charge in [-0.15, -0.1) is 0 Å². The molecule has 0 unspecified atom stereocenters. The minimum absolute atomic E-state index is 0.105. The summed E-state index contributed by atoms with van der Waals surface area (Å²) in [4.78, 5) is 31.5. The van der Waals surface area contributed by atoms with Crippen LogP contribution in [0.15, 0.2) is 24.3 Å². The molecule has 1 aromatic carbocycles. The molecule has 0 aromatic heterocycles. The van der Waals surface area contributed by atoms with Gasteiger partial charge in [-0.25, -0.2) is 4.79 Å². The molecule has 1 saturated heterocycles. The van der Waals surface area contributed by atoms with E-state index in [-0.39, 0.29) is 12.0 Å². The van der Waals surface area contributed by atoms with E-state index in [1.807, 2.05) is 31.2 Å². The summed E-state index contributed by atoms with van der Waals surface area (Å²) in [6.45, 7) is 5.03. The number of fused-ring (bicyclic) bond motifs is 2. The Hall–Kier alpha value is -2.08. The Labute approximate surface area is 123 Å². The van der Waals surface area contributed by atoms with Gasteiger partial charge < -0.3 is 9.64 Å². The van der Waals surface area contributed by atoms with Crippen LogP contribution in [-0.2, 0) is 19.8 Å². The molecule has 0 bridgehead atoms. The van der Waals surface area contributed by atoms with Gasteiger partial charge in [0.25, 0.3) is 5.91 Å². The first-order valence-corrected chi connectivity index (χ1v) is 7.12. The lowest BCUT2D eigenvalue weighted by Gasteiger charge is -2.45. The van der Waals surface area contributed by atoms with Crippen molar-refractivity contribution in [3.8, 4) is 0 Å². The fraction of sp³-hybridized carbons (Fsp3) is 0.467. The van der Waals surface area contributed by atoms with Gasteiger partial charge in [0.2, 0.25) is 0 Å². The molecule has 112 valence electrons. The zero-order chi connectivity index (χ0) is 15.0. The van der Waals surface area contributed by atoms with Crippen molar-refractivity contribution in [2.45, 2.75) is 19.3 Å². The Kier molecular flexibility index (Phi) is 3.33. The first kappa shape index (κ1) is 13.9. The lowest BCUT2D eigenvalue weighted by atomic mass is 9.75. The molecule has 0 N–H and O–H groups in total. The maximum atomic E-state index is 12.7. The molecule has 1 fully saturated rings. The van der Waals surface area contributed by atoms with Crippen LogP contribution < -0.4 is 5.06 Å². The van der Waals surface area contributed by atoms with Crippen molar-refractivity contribution in [1.82, 2.24) is 4.90 Å². The molecular formula is C15H18N2O4. The van der Waals surface area contributed by atoms with Crippen LogP contribution >= 0.6 is 0 Å². The van der Waals surface area contributed by atoms with Gasteiger partial charge >= 0.3 is 6.09 Å². The molecule has 0 atom stereocenters. The molecule has 3 rings (SSSR count). The Balaban J connectivity index is 1.88. The van der Waals surface area contributed by atoms with Gasteiger partial charge in [-0.1, -0.05) is 18.2 Å². The summed E-state index contributed by atoms with van der Waals surface area (Å²) < 4.78 is 4.98. The van der Waals surface area contributed by atoms with Crippen molar-refractivity contribution < 1.29 is 19.2 Å². The average Bonchev–Trinajstić information content (AvgIpc) is 2.68. The summed E-state index contributed by atoms with van der Waals surface area (Å²) in [7, 11) is 0. The Morgan fingerprint density at radius 1 is 1.24 bits per heavy atom. The third-order valence-electron chi connectivity index (χ3n) is 3.94. The molecule has 2 aliphatic rings. The van der Waals surface area contributed by atoms with Gasteiger partial charge in [-0.2, -0.15) is 5.06 Å². The molecule has 2 heterocycles. The van der Waals surface area contributed by atoms with Crippen molar-refractivity contribution in [3.63, 3.8) is 0 Å². The van der Waals surface area contributed by atoms with Gasteiger partial charge in [-0.3, -0.25) is 9.63 Å². The van der Waals surface area contributed by atoms with E-state index in [2.05, 4.69) is 0 Å². The van der Waals surface area contributed by atoms with E-state index < -0.39 is 5.41 Å². The normalized spacial score (nSPS) is 18.7. The summed E-state index contributed by atoms with van der Waals surface area (Å²) in [5.74, 6) is -0.105. The number of likely N-dealkylation sites (tertiary alicyclic amines) is 1. The van der Waals surface area contributed by atoms with Crippen LogP contribution in [0.4, 0.5) is 10.5 Å². The molecule has 2 aliphatic heterocycles. The first-order valence-electron chi connectivity index (χ1n) is 7.12. The van der Waals surface area contributed by atoms with Crippen LogP contribution in [0.1, 0.15) is 19.4 Å². The number of para-hydroxylation sites is 1. The largest absolute Gasteiger partial charge is 0.450 e. The van der Waals surface area contributed by atoms with Crippen LogP contribution in [0, 0.1) is 0 Å². The molecule has 1 aromatic rings. The van der Waals surface area contributed by atoms with E-state index in [4.69, 9.17) is 9.57 Å². The van der Waals surface area contributed by atoms with E-state index in [1.54, 1.807) is 11.8 Å². The number of benzene rings is 1. The predicted octanol–water partition coefficient (Wildman–Crippen LogP) is 1.69. The van der Waals surface area contributed by atoms with Gasteiger partial charge in [0.15, 0.2) is 0 Å². The molecule has 1 spiro atoms. The Morgan fingerprint density at radius 3 is 2.62 bits per heavy atom. The fourth-order valence-electron chi connectivity index (χ4n) is 2.99. The van der Waals surface area contributed by atoms with Crippen LogP contribution in [-0.4, -0.2) is 43.2 Å². The second-order valence-electron chi connectivity index (χ2n) is 5.17. The summed E-state index contributed by atoms with van der Waals surface area (Å²) in [6.07, 6.45) is -0.372. The number of hydrogen-bond donors (Lipinski definition) is 0. The topological polar surface area (TPSA) is 59.1 Å². The highest BCUT2D eigenvalue weighted by Crippen LogP contribution is 2.47. The maximum absolute atomic E-state index is 12.7. The Morgan fingerprint density at radius 2 is 1.95 bits per heavy atom. The number of carbonyl (C=O) groups excluding carboxylic acids is 2. The smallest absolute Gasteiger partial charge is 0.409 e. The zero-order valence-electron chi connectivity index (χ0n) is 12.2. The van der Waals surface area contributed by atoms with E-state index >= 15 is 0 Å². The van der Waals surface area contributed by atoms with E-state index in [1.165, 1.54) is 5.06 Å². The van der Waals surface area contributed by atoms with E-state index in [9.17, 15) is 9.59 Å².